The second-order valence-electron chi connectivity index (χ2n) is 27.2. The van der Waals surface area contributed by atoms with Crippen LogP contribution in [0.2, 0.25) is 0 Å². The van der Waals surface area contributed by atoms with Crippen molar-refractivity contribution in [1.82, 2.24) is 27.4 Å². The summed E-state index contributed by atoms with van der Waals surface area (Å²) in [5.74, 6) is -8.99. The number of carbonyl (C=O) groups is 9. The third-order valence-corrected chi connectivity index (χ3v) is 23.6. The Kier molecular flexibility index (Phi) is 22.9. The van der Waals surface area contributed by atoms with Crippen molar-refractivity contribution < 1.29 is 121 Å². The number of fused-ring (bicyclic) bond motifs is 3. The lowest BCUT2D eigenvalue weighted by atomic mass is 9.99. The van der Waals surface area contributed by atoms with Crippen LogP contribution in [-0.4, -0.2) is 158 Å². The number of hydrogen-bond acceptors (Lipinski definition) is 21. The molecule has 12 aromatic rings. The first kappa shape index (κ1) is 85.8. The Morgan fingerprint density at radius 3 is 0.692 bits per heavy atom. The topological polar surface area (TPSA) is 618 Å². The predicted molar refractivity (Wildman–Crippen MR) is 430 cm³/mol. The molecule has 120 heavy (non-hydrogen) atoms. The highest BCUT2D eigenvalue weighted by molar-refractivity contribution is 7.87. The average Bonchev–Trinajstić information content (AvgIpc) is 1.05. The molecule has 0 saturated carbocycles. The highest BCUT2D eigenvalue weighted by Crippen LogP contribution is 2.35. The smallest absolute Gasteiger partial charge is 0.295 e. The van der Waals surface area contributed by atoms with Crippen LogP contribution in [0.1, 0.15) is 75.8 Å². The molecule has 626 valence electrons. The number of nitrogens with zero attached hydrogens (tertiary/aromatic N) is 6. The van der Waals surface area contributed by atoms with E-state index in [0.29, 0.717) is 18.2 Å². The standard InChI is InChI=1S/C72H65N15O27S6/c1-82-30-43(21-55(82)70(94)79-46-24-57(85(4)33-46)67(91)75-40-10-7-36-13-49(115(97,98)99)27-61(52(36)18-40)118(106,107)108)73-64(88)16-39(66(90)78-45-23-60(84(3)32-45)72(96)81-48-26-59(87(6)35-48)69(93)77-42-12-9-38-15-51(117(103,104)105)29-63(54(38)20-42)120(112,113)114)17-65(89)74-44-22-56(83(2)31-44)71(95)80-47-25-58(86(5)34-47)68(92)76-41-11-8-37-14-50(116(100,101)102)28-62(53(37)19-41)119(109,110)111/h7-15,18-35,39H,16-17H2,1-6H3,(H,73,88)(H,74,89)(H,75,91)(H,76,92)(H,77,93)(H,78,90)(H,79,94)(H,80,95)(H,81,96)(H,97,98,99)(H,100,101,102)(H,103,104,105)(H,106,107,108)(H,109,110,111)(H,112,113,114). The van der Waals surface area contributed by atoms with Gasteiger partial charge in [0.15, 0.2) is 0 Å². The van der Waals surface area contributed by atoms with Crippen molar-refractivity contribution in [3.8, 4) is 0 Å². The van der Waals surface area contributed by atoms with Crippen LogP contribution in [0.3, 0.4) is 0 Å². The molecule has 48 heteroatoms. The fourth-order valence-electron chi connectivity index (χ4n) is 12.9. The molecule has 0 atom stereocenters. The Bertz CT molecular complexity index is 6920. The molecule has 6 heterocycles. The Labute approximate surface area is 678 Å². The van der Waals surface area contributed by atoms with Crippen LogP contribution < -0.4 is 47.9 Å². The number of rotatable bonds is 26. The van der Waals surface area contributed by atoms with Crippen LogP contribution in [-0.2, 0) is 117 Å². The van der Waals surface area contributed by atoms with Crippen LogP contribution in [0.4, 0.5) is 51.2 Å². The highest BCUT2D eigenvalue weighted by atomic mass is 32.2. The zero-order valence-corrected chi connectivity index (χ0v) is 67.4. The molecule has 15 N–H and O–H groups in total. The van der Waals surface area contributed by atoms with Crippen LogP contribution in [0, 0.1) is 5.92 Å². The predicted octanol–water partition coefficient (Wildman–Crippen LogP) is 6.78. The molecule has 42 nitrogen and oxygen atoms in total. The number of nitrogens with one attached hydrogen (secondary N) is 9. The van der Waals surface area contributed by atoms with Gasteiger partial charge in [0, 0.05) is 126 Å². The van der Waals surface area contributed by atoms with Crippen LogP contribution >= 0.6 is 0 Å². The lowest BCUT2D eigenvalue weighted by molar-refractivity contribution is -0.127. The zero-order chi connectivity index (χ0) is 87.7. The third kappa shape index (κ3) is 19.2. The molecule has 0 bridgehead atoms. The number of amides is 9. The molecule has 9 amide bonds. The van der Waals surface area contributed by atoms with Crippen molar-refractivity contribution in [2.75, 3.05) is 47.9 Å². The first-order chi connectivity index (χ1) is 55.8. The van der Waals surface area contributed by atoms with E-state index in [1.807, 2.05) is 0 Å². The summed E-state index contributed by atoms with van der Waals surface area (Å²) in [7, 11) is -21.4. The lowest BCUT2D eigenvalue weighted by Gasteiger charge is -2.16. The summed E-state index contributed by atoms with van der Waals surface area (Å²) in [5, 5.41) is 22.6. The summed E-state index contributed by atoms with van der Waals surface area (Å²) >= 11 is 0. The first-order valence-corrected chi connectivity index (χ1v) is 42.8. The van der Waals surface area contributed by atoms with Crippen molar-refractivity contribution in [3.05, 3.63) is 199 Å². The van der Waals surface area contributed by atoms with E-state index in [-0.39, 0.29) is 118 Å². The van der Waals surface area contributed by atoms with Crippen molar-refractivity contribution in [1.29, 1.82) is 0 Å². The van der Waals surface area contributed by atoms with Gasteiger partial charge >= 0.3 is 0 Å². The molecule has 6 aromatic heterocycles. The average molecular weight is 1760 g/mol. The second-order valence-corrected chi connectivity index (χ2v) is 35.6. The Hall–Kier alpha value is -13.5. The van der Waals surface area contributed by atoms with E-state index in [4.69, 9.17) is 0 Å². The maximum Gasteiger partial charge on any atom is 0.295 e. The minimum absolute atomic E-state index is 0.00665. The van der Waals surface area contributed by atoms with Gasteiger partial charge in [0.05, 0.1) is 54.7 Å². The maximum atomic E-state index is 14.5. The molecule has 0 unspecified atom stereocenters. The van der Waals surface area contributed by atoms with Gasteiger partial charge in [0.25, 0.3) is 96.2 Å². The third-order valence-electron chi connectivity index (χ3n) is 18.4. The van der Waals surface area contributed by atoms with Gasteiger partial charge in [0.2, 0.25) is 17.7 Å². The number of carbonyl (C=O) groups excluding carboxylic acids is 9. The summed E-state index contributed by atoms with van der Waals surface area (Å²) in [4.78, 5) is 120. The molecule has 0 aliphatic carbocycles. The van der Waals surface area contributed by atoms with Gasteiger partial charge in [-0.25, -0.2) is 0 Å². The summed E-state index contributed by atoms with van der Waals surface area (Å²) < 4.78 is 212. The molecular weight excluding hydrogens is 1700 g/mol. The summed E-state index contributed by atoms with van der Waals surface area (Å²) in [6, 6.07) is 22.9. The zero-order valence-electron chi connectivity index (χ0n) is 62.5. The maximum absolute atomic E-state index is 14.5. The van der Waals surface area contributed by atoms with Crippen molar-refractivity contribution in [3.63, 3.8) is 0 Å². The summed E-state index contributed by atoms with van der Waals surface area (Å²) in [6.07, 6.45) is 6.59. The van der Waals surface area contributed by atoms with Gasteiger partial charge in [-0.3, -0.25) is 70.5 Å². The number of anilines is 9. The minimum atomic E-state index is -5.09. The van der Waals surface area contributed by atoms with Gasteiger partial charge in [0.1, 0.15) is 48.9 Å². The van der Waals surface area contributed by atoms with Crippen molar-refractivity contribution >= 4 is 197 Å². The number of aromatic nitrogens is 6. The van der Waals surface area contributed by atoms with Crippen molar-refractivity contribution in [2.24, 2.45) is 48.2 Å². The van der Waals surface area contributed by atoms with E-state index in [1.165, 1.54) is 180 Å². The normalized spacial score (nSPS) is 12.2. The van der Waals surface area contributed by atoms with E-state index in [9.17, 15) is 121 Å². The SMILES string of the molecule is Cn1cc(NC(=O)CC(CC(=O)Nc2cc(C(=O)Nc3cc(C(=O)Nc4ccc5cc(S(=O)(=O)O)cc(S(=O)(=O)O)c5c4)n(C)c3)n(C)c2)C(=O)Nc2cc(C(=O)Nc3cc(C(=O)Nc4ccc5cc(S(=O)(=O)O)cc(S(=O)(=O)O)c5c4)n(C)c3)n(C)c2)cc1C(=O)Nc1cc(C(=O)Nc2ccc3cc(S(=O)(=O)O)cc(S(=O)(=O)O)c3c2)n(C)c1. The van der Waals surface area contributed by atoms with E-state index >= 15 is 0 Å². The molecule has 0 spiro atoms. The van der Waals surface area contributed by atoms with E-state index in [1.54, 1.807) is 0 Å². The second kappa shape index (κ2) is 32.1. The highest BCUT2D eigenvalue weighted by Gasteiger charge is 2.31. The fraction of sp³-hybridized carbons (Fsp3) is 0.125. The lowest BCUT2D eigenvalue weighted by Crippen LogP contribution is -2.30. The Morgan fingerprint density at radius 2 is 0.475 bits per heavy atom. The van der Waals surface area contributed by atoms with Crippen LogP contribution in [0.5, 0.6) is 0 Å². The molecule has 0 saturated heterocycles. The number of hydrogen-bond donors (Lipinski definition) is 15. The first-order valence-electron chi connectivity index (χ1n) is 34.2. The van der Waals surface area contributed by atoms with Gasteiger partial charge in [-0.1, -0.05) is 18.2 Å². The molecule has 0 radical (unpaired) electrons. The summed E-state index contributed by atoms with van der Waals surface area (Å²) in [5.41, 5.74) is -0.303. The molecule has 0 fully saturated rings. The largest absolute Gasteiger partial charge is 0.344 e. The van der Waals surface area contributed by atoms with E-state index < -0.39 is 162 Å². The van der Waals surface area contributed by atoms with Gasteiger partial charge in [-0.05, 0) is 125 Å². The minimum Gasteiger partial charge on any atom is -0.344 e. The summed E-state index contributed by atoms with van der Waals surface area (Å²) in [6.45, 7) is 0. The van der Waals surface area contributed by atoms with E-state index in [2.05, 4.69) is 47.9 Å². The van der Waals surface area contributed by atoms with Crippen LogP contribution in [0.15, 0.2) is 194 Å². The Morgan fingerprint density at radius 1 is 0.267 bits per heavy atom. The molecule has 6 aromatic carbocycles. The van der Waals surface area contributed by atoms with E-state index in [0.717, 1.165) is 36.4 Å². The fourth-order valence-corrected chi connectivity index (χ4v) is 17.0. The monoisotopic (exact) mass is 1760 g/mol. The van der Waals surface area contributed by atoms with Crippen LogP contribution in [0.25, 0.3) is 32.3 Å². The number of benzene rings is 6. The van der Waals surface area contributed by atoms with Gasteiger partial charge in [-0.2, -0.15) is 50.5 Å². The van der Waals surface area contributed by atoms with Crippen molar-refractivity contribution in [2.45, 2.75) is 42.2 Å². The van der Waals surface area contributed by atoms with Gasteiger partial charge < -0.3 is 75.3 Å². The molecule has 12 rings (SSSR count). The molecule has 0 aliphatic heterocycles. The van der Waals surface area contributed by atoms with Gasteiger partial charge in [-0.15, -0.1) is 0 Å². The Balaban J connectivity index is 0.731. The quantitative estimate of drug-likeness (QED) is 0.0248. The molecular formula is C72H65N15O27S6. The number of aryl methyl sites for hydroxylation is 6. The molecule has 0 aliphatic rings.